The Kier molecular flexibility index (Phi) is 5.89. The van der Waals surface area contributed by atoms with Gasteiger partial charge in [-0.05, 0) is 49.5 Å². The summed E-state index contributed by atoms with van der Waals surface area (Å²) in [5.74, 6) is 0.721. The maximum absolute atomic E-state index is 13.5. The number of ether oxygens (including phenoxy) is 1. The van der Waals surface area contributed by atoms with Gasteiger partial charge in [0.15, 0.2) is 9.84 Å². The molecule has 0 saturated carbocycles. The maximum atomic E-state index is 13.5. The number of pyridine rings is 1. The van der Waals surface area contributed by atoms with Crippen LogP contribution in [0.25, 0.3) is 16.9 Å². The van der Waals surface area contributed by atoms with Crippen molar-refractivity contribution in [2.24, 2.45) is 0 Å². The van der Waals surface area contributed by atoms with Gasteiger partial charge in [0.2, 0.25) is 0 Å². The van der Waals surface area contributed by atoms with Crippen LogP contribution >= 0.6 is 0 Å². The minimum atomic E-state index is -4.54. The topological polar surface area (TPSA) is 72.7 Å². The summed E-state index contributed by atoms with van der Waals surface area (Å²) in [6.45, 7) is 0.260. The molecule has 0 bridgehead atoms. The van der Waals surface area contributed by atoms with Crippen molar-refractivity contribution >= 4 is 15.5 Å². The van der Waals surface area contributed by atoms with Gasteiger partial charge in [-0.3, -0.25) is 4.40 Å². The molecule has 2 aromatic carbocycles. The van der Waals surface area contributed by atoms with E-state index in [0.717, 1.165) is 12.3 Å². The van der Waals surface area contributed by atoms with Gasteiger partial charge in [0.05, 0.1) is 21.8 Å². The average molecular weight is 475 g/mol. The van der Waals surface area contributed by atoms with Crippen LogP contribution in [0.2, 0.25) is 0 Å². The Morgan fingerprint density at radius 1 is 1.03 bits per heavy atom. The average Bonchev–Trinajstić information content (AvgIpc) is 3.11. The smallest absolute Gasteiger partial charge is 0.419 e. The summed E-state index contributed by atoms with van der Waals surface area (Å²) < 4.78 is 71.5. The van der Waals surface area contributed by atoms with Crippen LogP contribution in [0.5, 0.6) is 11.5 Å². The second-order valence-electron chi connectivity index (χ2n) is 7.43. The number of fused-ring (bicyclic) bond motifs is 1. The number of sulfone groups is 1. The highest BCUT2D eigenvalue weighted by atomic mass is 32.2. The van der Waals surface area contributed by atoms with Crippen LogP contribution in [-0.4, -0.2) is 31.1 Å². The Balaban J connectivity index is 1.80. The molecule has 2 heterocycles. The molecule has 10 heteroatoms. The third kappa shape index (κ3) is 4.71. The number of aromatic nitrogens is 2. The molecule has 0 spiro atoms. The van der Waals surface area contributed by atoms with Gasteiger partial charge in [-0.2, -0.15) is 13.2 Å². The molecule has 0 fully saturated rings. The minimum Gasteiger partial charge on any atom is -0.457 e. The van der Waals surface area contributed by atoms with Gasteiger partial charge in [0, 0.05) is 24.6 Å². The van der Waals surface area contributed by atoms with Crippen LogP contribution in [0.15, 0.2) is 71.8 Å². The number of nitrogens with zero attached hydrogens (tertiary/aromatic N) is 2. The lowest BCUT2D eigenvalue weighted by atomic mass is 10.1. The van der Waals surface area contributed by atoms with E-state index >= 15 is 0 Å². The van der Waals surface area contributed by atoms with Gasteiger partial charge in [-0.25, -0.2) is 13.4 Å². The van der Waals surface area contributed by atoms with Crippen molar-refractivity contribution in [3.8, 4) is 22.8 Å². The lowest BCUT2D eigenvalue weighted by Crippen LogP contribution is -2.07. The predicted molar refractivity (Wildman–Crippen MR) is 118 cm³/mol. The van der Waals surface area contributed by atoms with Crippen LogP contribution in [0.1, 0.15) is 11.3 Å². The standard InChI is InChI=1S/C23H20F3N3O3S/c1-27-14-20-21(29-11-5-10-19(22(29)28-20)23(24,25)26)15-6-3-7-16(12-15)32-17-8-4-9-18(13-17)33(2,30)31/h3-13,27H,14H2,1-2H3. The van der Waals surface area contributed by atoms with Crippen molar-refractivity contribution in [2.75, 3.05) is 13.3 Å². The summed E-state index contributed by atoms with van der Waals surface area (Å²) in [6.07, 6.45) is -1.90. The number of hydrogen-bond acceptors (Lipinski definition) is 5. The monoisotopic (exact) mass is 475 g/mol. The summed E-state index contributed by atoms with van der Waals surface area (Å²) >= 11 is 0. The van der Waals surface area contributed by atoms with E-state index in [1.54, 1.807) is 43.4 Å². The number of imidazole rings is 1. The van der Waals surface area contributed by atoms with Crippen LogP contribution in [-0.2, 0) is 22.6 Å². The zero-order chi connectivity index (χ0) is 23.8. The molecular formula is C23H20F3N3O3S. The third-order valence-electron chi connectivity index (χ3n) is 4.95. The molecule has 0 atom stereocenters. The summed E-state index contributed by atoms with van der Waals surface area (Å²) in [7, 11) is -1.72. The zero-order valence-electron chi connectivity index (χ0n) is 17.7. The van der Waals surface area contributed by atoms with E-state index in [-0.39, 0.29) is 17.1 Å². The fourth-order valence-electron chi connectivity index (χ4n) is 3.54. The van der Waals surface area contributed by atoms with Gasteiger partial charge in [-0.15, -0.1) is 0 Å². The fraction of sp³-hybridized carbons (Fsp3) is 0.174. The number of halogens is 3. The lowest BCUT2D eigenvalue weighted by Gasteiger charge is -2.11. The summed E-state index contributed by atoms with van der Waals surface area (Å²) in [6, 6.07) is 15.2. The first-order chi connectivity index (χ1) is 15.6. The SMILES string of the molecule is CNCc1nc2c(C(F)(F)F)cccn2c1-c1cccc(Oc2cccc(S(C)(=O)=O)c2)c1. The van der Waals surface area contributed by atoms with Crippen molar-refractivity contribution in [3.63, 3.8) is 0 Å². The first kappa shape index (κ1) is 22.8. The Bertz CT molecular complexity index is 1430. The molecule has 172 valence electrons. The van der Waals surface area contributed by atoms with Gasteiger partial charge < -0.3 is 10.1 Å². The van der Waals surface area contributed by atoms with Crippen LogP contribution in [0, 0.1) is 0 Å². The minimum absolute atomic E-state index is 0.119. The quantitative estimate of drug-likeness (QED) is 0.428. The van der Waals surface area contributed by atoms with E-state index in [0.29, 0.717) is 28.5 Å². The van der Waals surface area contributed by atoms with Gasteiger partial charge >= 0.3 is 6.18 Å². The summed E-state index contributed by atoms with van der Waals surface area (Å²) in [5, 5.41) is 2.94. The van der Waals surface area contributed by atoms with Gasteiger partial charge in [0.1, 0.15) is 17.1 Å². The molecule has 6 nitrogen and oxygen atoms in total. The predicted octanol–water partition coefficient (Wildman–Crippen LogP) is 4.94. The van der Waals surface area contributed by atoms with Crippen molar-refractivity contribution in [2.45, 2.75) is 17.6 Å². The molecule has 1 N–H and O–H groups in total. The van der Waals surface area contributed by atoms with E-state index in [2.05, 4.69) is 10.3 Å². The molecule has 0 saturated heterocycles. The Labute approximate surface area is 188 Å². The third-order valence-corrected chi connectivity index (χ3v) is 6.06. The van der Waals surface area contributed by atoms with Crippen molar-refractivity contribution in [1.82, 2.24) is 14.7 Å². The first-order valence-corrected chi connectivity index (χ1v) is 11.8. The fourth-order valence-corrected chi connectivity index (χ4v) is 4.20. The number of hydrogen-bond donors (Lipinski definition) is 1. The maximum Gasteiger partial charge on any atom is 0.419 e. The molecule has 0 radical (unpaired) electrons. The zero-order valence-corrected chi connectivity index (χ0v) is 18.5. The van der Waals surface area contributed by atoms with Crippen molar-refractivity contribution in [3.05, 3.63) is 78.1 Å². The van der Waals surface area contributed by atoms with E-state index < -0.39 is 21.6 Å². The first-order valence-electron chi connectivity index (χ1n) is 9.88. The van der Waals surface area contributed by atoms with E-state index in [1.807, 2.05) is 0 Å². The molecular weight excluding hydrogens is 455 g/mol. The van der Waals surface area contributed by atoms with Gasteiger partial charge in [-0.1, -0.05) is 18.2 Å². The molecule has 0 amide bonds. The van der Waals surface area contributed by atoms with E-state index in [1.165, 1.54) is 28.8 Å². The second-order valence-corrected chi connectivity index (χ2v) is 9.44. The van der Waals surface area contributed by atoms with Gasteiger partial charge in [0.25, 0.3) is 0 Å². The Morgan fingerprint density at radius 2 is 1.73 bits per heavy atom. The molecule has 2 aromatic heterocycles. The molecule has 0 aliphatic heterocycles. The van der Waals surface area contributed by atoms with Crippen molar-refractivity contribution in [1.29, 1.82) is 0 Å². The highest BCUT2D eigenvalue weighted by Crippen LogP contribution is 2.36. The number of alkyl halides is 3. The van der Waals surface area contributed by atoms with Crippen LogP contribution in [0.4, 0.5) is 13.2 Å². The second kappa shape index (κ2) is 8.53. The molecule has 0 aliphatic carbocycles. The molecule has 4 rings (SSSR count). The molecule has 0 unspecified atom stereocenters. The van der Waals surface area contributed by atoms with Crippen molar-refractivity contribution < 1.29 is 26.3 Å². The summed E-state index contributed by atoms with van der Waals surface area (Å²) in [5.41, 5.74) is 0.547. The molecule has 4 aromatic rings. The number of rotatable bonds is 6. The van der Waals surface area contributed by atoms with E-state index in [4.69, 9.17) is 4.74 Å². The highest BCUT2D eigenvalue weighted by molar-refractivity contribution is 7.90. The highest BCUT2D eigenvalue weighted by Gasteiger charge is 2.34. The Morgan fingerprint density at radius 3 is 2.39 bits per heavy atom. The van der Waals surface area contributed by atoms with Crippen LogP contribution in [0.3, 0.4) is 0 Å². The largest absolute Gasteiger partial charge is 0.457 e. The Hall–Kier alpha value is -3.37. The number of nitrogens with one attached hydrogen (secondary N) is 1. The summed E-state index contributed by atoms with van der Waals surface area (Å²) in [4.78, 5) is 4.39. The lowest BCUT2D eigenvalue weighted by molar-refractivity contribution is -0.136. The normalized spacial score (nSPS) is 12.3. The molecule has 33 heavy (non-hydrogen) atoms. The van der Waals surface area contributed by atoms with E-state index in [9.17, 15) is 21.6 Å². The number of benzene rings is 2. The van der Waals surface area contributed by atoms with Crippen LogP contribution < -0.4 is 10.1 Å². The molecule has 0 aliphatic rings.